The van der Waals surface area contributed by atoms with Gasteiger partial charge in [0.1, 0.15) is 35.6 Å². The van der Waals surface area contributed by atoms with Crippen molar-refractivity contribution in [3.8, 4) is 23.3 Å². The molecule has 15 nitrogen and oxygen atoms in total. The minimum absolute atomic E-state index is 0. The van der Waals surface area contributed by atoms with Gasteiger partial charge in [0.15, 0.2) is 11.4 Å². The van der Waals surface area contributed by atoms with Crippen molar-refractivity contribution in [3.05, 3.63) is 119 Å². The normalized spacial score (nSPS) is 13.2. The second-order valence-corrected chi connectivity index (χ2v) is 20.3. The summed E-state index contributed by atoms with van der Waals surface area (Å²) in [4.78, 5) is 0. The van der Waals surface area contributed by atoms with E-state index < -0.39 is 0 Å². The van der Waals surface area contributed by atoms with E-state index in [1.54, 1.807) is 26.2 Å². The van der Waals surface area contributed by atoms with E-state index in [1.807, 2.05) is 56.4 Å². The molecule has 7 rings (SSSR count). The number of anilines is 1. The Morgan fingerprint density at radius 1 is 0.649 bits per heavy atom. The van der Waals surface area contributed by atoms with Crippen LogP contribution in [0.5, 0.6) is 23.3 Å². The Bertz CT molecular complexity index is 2820. The molecule has 4 aromatic carbocycles. The van der Waals surface area contributed by atoms with Gasteiger partial charge in [0.25, 0.3) is 0 Å². The number of aromatic hydroxyl groups is 4. The maximum atomic E-state index is 10.1. The molecule has 6 aromatic rings. The van der Waals surface area contributed by atoms with Gasteiger partial charge in [-0.3, -0.25) is 5.01 Å². The van der Waals surface area contributed by atoms with Crippen molar-refractivity contribution in [1.82, 2.24) is 19.6 Å². The summed E-state index contributed by atoms with van der Waals surface area (Å²) in [7, 11) is 5.33. The number of phenolic OH excluding ortho intramolecular Hbond substituents is 2. The van der Waals surface area contributed by atoms with Crippen LogP contribution in [0.1, 0.15) is 142 Å². The first-order chi connectivity index (χ1) is 34.6. The Kier molecular flexibility index (Phi) is 21.1. The minimum Gasteiger partial charge on any atom is -0.506 e. The van der Waals surface area contributed by atoms with Gasteiger partial charge in [-0.1, -0.05) is 118 Å². The smallest absolute Gasteiger partial charge is 0.238 e. The summed E-state index contributed by atoms with van der Waals surface area (Å²) in [6.45, 7) is 26.8. The Morgan fingerprint density at radius 3 is 1.53 bits per heavy atom. The number of hydrogen-bond acceptors (Lipinski definition) is 12. The molecule has 0 bridgehead atoms. The predicted molar refractivity (Wildman–Crippen MR) is 297 cm³/mol. The van der Waals surface area contributed by atoms with Gasteiger partial charge in [0.05, 0.1) is 22.5 Å². The average molecular weight is 1050 g/mol. The van der Waals surface area contributed by atoms with Crippen molar-refractivity contribution in [1.29, 1.82) is 0 Å². The molecular formula is C58H80CoN11O4+. The molecule has 3 heterocycles. The van der Waals surface area contributed by atoms with Crippen molar-refractivity contribution in [2.75, 3.05) is 18.6 Å². The molecule has 0 spiro atoms. The number of aryl methyl sites for hydroxylation is 5. The molecule has 1 aliphatic heterocycles. The van der Waals surface area contributed by atoms with Crippen LogP contribution in [0, 0.1) is 0 Å². The molecule has 0 saturated heterocycles. The third kappa shape index (κ3) is 13.9. The van der Waals surface area contributed by atoms with Crippen molar-refractivity contribution in [2.24, 2.45) is 39.7 Å². The molecule has 1 aliphatic rings. The van der Waals surface area contributed by atoms with Crippen LogP contribution in [0.3, 0.4) is 0 Å². The summed E-state index contributed by atoms with van der Waals surface area (Å²) in [6.07, 6.45) is 8.22. The standard InChI is InChI=1S/C22H28N3.2C18H26N4O2.Co/c1-6-17-12-14-18(15-13-17)24(5)23-16-21-22(3,4)19-10-8-9-11-20(19)25(21)7-2;2*1-6-8-13-16(17(24)22(5)21-13)20-19-14-11-12(9-10-15(14)23)18(3,4)7-2;/h8-16H,6-7H2,1-5H3;2*9-11,23-24H,6-8H2,1-5H3;/q+1;;;. The number of azo groups is 2. The van der Waals surface area contributed by atoms with E-state index in [1.165, 1.54) is 31.9 Å². The second kappa shape index (κ2) is 26.0. The molecule has 0 aliphatic carbocycles. The topological polar surface area (TPSA) is 185 Å². The van der Waals surface area contributed by atoms with Crippen LogP contribution in [0.4, 0.5) is 34.1 Å². The van der Waals surface area contributed by atoms with E-state index in [2.05, 4.69) is 153 Å². The Morgan fingerprint density at radius 2 is 1.11 bits per heavy atom. The van der Waals surface area contributed by atoms with Crippen LogP contribution < -0.4 is 5.01 Å². The van der Waals surface area contributed by atoms with Gasteiger partial charge < -0.3 is 20.4 Å². The third-order valence-corrected chi connectivity index (χ3v) is 14.1. The summed E-state index contributed by atoms with van der Waals surface area (Å²) in [6, 6.07) is 28.0. The molecule has 2 aromatic heterocycles. The van der Waals surface area contributed by atoms with Crippen molar-refractivity contribution < 1.29 is 41.8 Å². The molecule has 0 saturated carbocycles. The number of aromatic nitrogens is 4. The van der Waals surface area contributed by atoms with E-state index in [9.17, 15) is 20.4 Å². The molecule has 74 heavy (non-hydrogen) atoms. The molecule has 0 atom stereocenters. The SMILES string of the molecule is CCCc1nn(C)c(O)c1N=Nc1cc(C(C)(C)CC)ccc1O.CCCc1nn(C)c(O)c1N=Nc1cc(C(C)(C)CC)ccc1O.CCc1ccc(N(C)/N=C/C2=[N+](CC)c3ccccc3C2(C)C)cc1.[Co]. The van der Waals surface area contributed by atoms with Gasteiger partial charge in [-0.25, -0.2) is 9.36 Å². The molecule has 0 fully saturated rings. The summed E-state index contributed by atoms with van der Waals surface area (Å²) >= 11 is 0. The van der Waals surface area contributed by atoms with Gasteiger partial charge in [-0.05, 0) is 117 Å². The number of phenols is 2. The quantitative estimate of drug-likeness (QED) is 0.0303. The minimum atomic E-state index is -0.0387. The number of hydrazone groups is 1. The Labute approximate surface area is 449 Å². The third-order valence-electron chi connectivity index (χ3n) is 14.1. The van der Waals surface area contributed by atoms with Crippen LogP contribution in [-0.2, 0) is 66.4 Å². The first kappa shape index (κ1) is 59.9. The van der Waals surface area contributed by atoms with E-state index >= 15 is 0 Å². The fraction of sp³-hybridized carbons (Fsp3) is 0.448. The van der Waals surface area contributed by atoms with E-state index in [0.717, 1.165) is 55.5 Å². The van der Waals surface area contributed by atoms with Crippen molar-refractivity contribution >= 4 is 46.1 Å². The molecule has 1 radical (unpaired) electrons. The zero-order chi connectivity index (χ0) is 53.8. The van der Waals surface area contributed by atoms with Crippen molar-refractivity contribution in [3.63, 3.8) is 0 Å². The first-order valence-electron chi connectivity index (χ1n) is 25.7. The Balaban J connectivity index is 0.000000239. The zero-order valence-corrected chi connectivity index (χ0v) is 47.4. The van der Waals surface area contributed by atoms with Crippen LogP contribution in [0.15, 0.2) is 110 Å². The molecular weight excluding hydrogens is 974 g/mol. The summed E-state index contributed by atoms with van der Waals surface area (Å²) in [5, 5.41) is 72.2. The number of benzene rings is 4. The molecule has 399 valence electrons. The summed E-state index contributed by atoms with van der Waals surface area (Å²) in [5.74, 6) is 0.0862. The van der Waals surface area contributed by atoms with Gasteiger partial charge in [-0.15, -0.1) is 20.5 Å². The summed E-state index contributed by atoms with van der Waals surface area (Å²) in [5.41, 5.74) is 11.4. The second-order valence-electron chi connectivity index (χ2n) is 20.3. The fourth-order valence-electron chi connectivity index (χ4n) is 8.37. The van der Waals surface area contributed by atoms with Gasteiger partial charge >= 0.3 is 0 Å². The number of rotatable bonds is 17. The van der Waals surface area contributed by atoms with Gasteiger partial charge in [0, 0.05) is 49.6 Å². The van der Waals surface area contributed by atoms with Crippen molar-refractivity contribution in [2.45, 2.75) is 144 Å². The maximum absolute atomic E-state index is 10.1. The first-order valence-corrected chi connectivity index (χ1v) is 25.7. The van der Waals surface area contributed by atoms with Crippen LogP contribution in [0.2, 0.25) is 0 Å². The zero-order valence-electron chi connectivity index (χ0n) is 46.4. The molecule has 0 unspecified atom stereocenters. The maximum Gasteiger partial charge on any atom is 0.238 e. The molecule has 0 amide bonds. The number of para-hydroxylation sites is 1. The number of fused-ring (bicyclic) bond motifs is 1. The number of nitrogens with zero attached hydrogens (tertiary/aromatic N) is 11. The number of hydrogen-bond donors (Lipinski definition) is 4. The van der Waals surface area contributed by atoms with Gasteiger partial charge in [-0.2, -0.15) is 19.9 Å². The van der Waals surface area contributed by atoms with Crippen LogP contribution in [0.25, 0.3) is 0 Å². The van der Waals surface area contributed by atoms with E-state index in [-0.39, 0.29) is 56.3 Å². The van der Waals surface area contributed by atoms with E-state index in [4.69, 9.17) is 5.10 Å². The van der Waals surface area contributed by atoms with E-state index in [0.29, 0.717) is 47.0 Å². The predicted octanol–water partition coefficient (Wildman–Crippen LogP) is 14.5. The average Bonchev–Trinajstić information content (AvgIpc) is 3.90. The van der Waals surface area contributed by atoms with Gasteiger partial charge in [0.2, 0.25) is 23.2 Å². The van der Waals surface area contributed by atoms with Crippen LogP contribution >= 0.6 is 0 Å². The fourth-order valence-corrected chi connectivity index (χ4v) is 8.37. The Hall–Kier alpha value is -6.65. The van der Waals surface area contributed by atoms with Crippen LogP contribution in [-0.4, -0.2) is 70.1 Å². The summed E-state index contributed by atoms with van der Waals surface area (Å²) < 4.78 is 5.14. The molecule has 4 N–H and O–H groups in total. The largest absolute Gasteiger partial charge is 0.506 e. The molecule has 16 heteroatoms. The monoisotopic (exact) mass is 1050 g/mol.